The lowest BCUT2D eigenvalue weighted by atomic mass is 9.93. The molecule has 28 heavy (non-hydrogen) atoms. The van der Waals surface area contributed by atoms with Crippen LogP contribution < -0.4 is 10.6 Å². The van der Waals surface area contributed by atoms with Gasteiger partial charge in [0, 0.05) is 5.69 Å². The number of nitriles is 1. The molecule has 148 valence electrons. The molecular formula is C19H22N4O5. The highest BCUT2D eigenvalue weighted by molar-refractivity contribution is 6.08. The van der Waals surface area contributed by atoms with Crippen LogP contribution in [-0.4, -0.2) is 46.9 Å². The van der Waals surface area contributed by atoms with Crippen LogP contribution in [0.4, 0.5) is 10.5 Å². The average Bonchev–Trinajstić information content (AvgIpc) is 2.92. The van der Waals surface area contributed by atoms with Crippen molar-refractivity contribution in [3.8, 4) is 6.07 Å². The lowest BCUT2D eigenvalue weighted by Gasteiger charge is -2.23. The standard InChI is InChI=1S/C19H22N4O5/c1-4-19(5-2)17(26)23(18(27)22-19)11-15(24)28-12(3)16(25)21-14-8-6-7-13(9-14)10-20/h6-9,12H,4-5,11H2,1-3H3,(H,21,25)(H,22,27)/t12-/m1/s1. The minimum atomic E-state index is -1.15. The highest BCUT2D eigenvalue weighted by atomic mass is 16.5. The smallest absolute Gasteiger partial charge is 0.327 e. The molecule has 4 amide bonds. The first kappa shape index (κ1) is 20.9. The maximum atomic E-state index is 12.5. The van der Waals surface area contributed by atoms with Gasteiger partial charge in [-0.1, -0.05) is 19.9 Å². The highest BCUT2D eigenvalue weighted by Gasteiger charge is 2.49. The molecule has 1 saturated heterocycles. The fourth-order valence-electron chi connectivity index (χ4n) is 2.88. The Labute approximate surface area is 162 Å². The SMILES string of the molecule is CCC1(CC)NC(=O)N(CC(=O)O[C@H](C)C(=O)Nc2cccc(C#N)c2)C1=O. The second-order valence-corrected chi connectivity index (χ2v) is 6.42. The summed E-state index contributed by atoms with van der Waals surface area (Å²) in [4.78, 5) is 49.6. The molecule has 0 radical (unpaired) electrons. The Morgan fingerprint density at radius 3 is 2.57 bits per heavy atom. The van der Waals surface area contributed by atoms with Gasteiger partial charge < -0.3 is 15.4 Å². The van der Waals surface area contributed by atoms with E-state index < -0.39 is 42.0 Å². The third-order valence-electron chi connectivity index (χ3n) is 4.68. The maximum absolute atomic E-state index is 12.5. The van der Waals surface area contributed by atoms with E-state index in [1.165, 1.54) is 13.0 Å². The van der Waals surface area contributed by atoms with Gasteiger partial charge in [0.1, 0.15) is 12.1 Å². The molecular weight excluding hydrogens is 364 g/mol. The Kier molecular flexibility index (Phi) is 6.36. The van der Waals surface area contributed by atoms with E-state index in [2.05, 4.69) is 10.6 Å². The van der Waals surface area contributed by atoms with Crippen LogP contribution in [0.25, 0.3) is 0 Å². The van der Waals surface area contributed by atoms with Crippen molar-refractivity contribution in [1.29, 1.82) is 5.26 Å². The summed E-state index contributed by atoms with van der Waals surface area (Å²) in [6, 6.07) is 7.57. The summed E-state index contributed by atoms with van der Waals surface area (Å²) < 4.78 is 5.05. The normalized spacial score (nSPS) is 16.1. The number of benzene rings is 1. The van der Waals surface area contributed by atoms with Gasteiger partial charge in [0.05, 0.1) is 11.6 Å². The first-order chi connectivity index (χ1) is 13.3. The summed E-state index contributed by atoms with van der Waals surface area (Å²) in [6.07, 6.45) is -0.346. The van der Waals surface area contributed by atoms with Gasteiger partial charge in [0.2, 0.25) is 0 Å². The second-order valence-electron chi connectivity index (χ2n) is 6.42. The monoisotopic (exact) mass is 386 g/mol. The predicted octanol–water partition coefficient (Wildman–Crippen LogP) is 1.54. The zero-order valence-electron chi connectivity index (χ0n) is 15.9. The van der Waals surface area contributed by atoms with Crippen LogP contribution in [-0.2, 0) is 19.1 Å². The second kappa shape index (κ2) is 8.52. The van der Waals surface area contributed by atoms with Crippen molar-refractivity contribution in [3.05, 3.63) is 29.8 Å². The Balaban J connectivity index is 1.95. The van der Waals surface area contributed by atoms with Crippen LogP contribution >= 0.6 is 0 Å². The van der Waals surface area contributed by atoms with Gasteiger partial charge in [-0.2, -0.15) is 5.26 Å². The number of carbonyl (C=O) groups is 4. The molecule has 1 aliphatic heterocycles. The topological polar surface area (TPSA) is 129 Å². The molecule has 0 aromatic heterocycles. The van der Waals surface area contributed by atoms with Crippen LogP contribution in [0.1, 0.15) is 39.2 Å². The minimum Gasteiger partial charge on any atom is -0.451 e. The van der Waals surface area contributed by atoms with Crippen molar-refractivity contribution in [2.75, 3.05) is 11.9 Å². The zero-order chi connectivity index (χ0) is 20.9. The number of hydrogen-bond donors (Lipinski definition) is 2. The quantitative estimate of drug-likeness (QED) is 0.540. The van der Waals surface area contributed by atoms with E-state index in [1.54, 1.807) is 32.0 Å². The van der Waals surface area contributed by atoms with Gasteiger partial charge >= 0.3 is 12.0 Å². The average molecular weight is 386 g/mol. The molecule has 1 fully saturated rings. The fraction of sp³-hybridized carbons (Fsp3) is 0.421. The lowest BCUT2D eigenvalue weighted by molar-refractivity contribution is -0.155. The minimum absolute atomic E-state index is 0.372. The Hall–Kier alpha value is -3.41. The van der Waals surface area contributed by atoms with Gasteiger partial charge in [-0.05, 0) is 38.0 Å². The third kappa shape index (κ3) is 4.28. The van der Waals surface area contributed by atoms with Crippen molar-refractivity contribution < 1.29 is 23.9 Å². The molecule has 0 unspecified atom stereocenters. The van der Waals surface area contributed by atoms with E-state index in [0.717, 1.165) is 4.90 Å². The number of nitrogens with zero attached hydrogens (tertiary/aromatic N) is 2. The van der Waals surface area contributed by atoms with E-state index in [1.807, 2.05) is 6.07 Å². The molecule has 1 aromatic rings. The molecule has 0 bridgehead atoms. The first-order valence-electron chi connectivity index (χ1n) is 8.91. The number of imide groups is 1. The number of urea groups is 1. The molecule has 2 N–H and O–H groups in total. The molecule has 1 atom stereocenters. The molecule has 1 heterocycles. The number of rotatable bonds is 7. The van der Waals surface area contributed by atoms with Crippen molar-refractivity contribution in [1.82, 2.24) is 10.2 Å². The van der Waals surface area contributed by atoms with Crippen molar-refractivity contribution >= 4 is 29.5 Å². The maximum Gasteiger partial charge on any atom is 0.327 e. The largest absolute Gasteiger partial charge is 0.451 e. The first-order valence-corrected chi connectivity index (χ1v) is 8.91. The fourth-order valence-corrected chi connectivity index (χ4v) is 2.88. The van der Waals surface area contributed by atoms with Crippen molar-refractivity contribution in [2.45, 2.75) is 45.3 Å². The van der Waals surface area contributed by atoms with Crippen LogP contribution in [0.3, 0.4) is 0 Å². The number of amides is 4. The summed E-state index contributed by atoms with van der Waals surface area (Å²) in [5.41, 5.74) is -0.250. The predicted molar refractivity (Wildman–Crippen MR) is 98.9 cm³/mol. The van der Waals surface area contributed by atoms with Crippen LogP contribution in [0.15, 0.2) is 24.3 Å². The Morgan fingerprint density at radius 1 is 1.32 bits per heavy atom. The van der Waals surface area contributed by atoms with Crippen LogP contribution in [0.2, 0.25) is 0 Å². The van der Waals surface area contributed by atoms with Gasteiger partial charge in [0.25, 0.3) is 11.8 Å². The molecule has 9 heteroatoms. The summed E-state index contributed by atoms with van der Waals surface area (Å²) >= 11 is 0. The Bertz CT molecular complexity index is 841. The summed E-state index contributed by atoms with van der Waals surface area (Å²) in [7, 11) is 0. The molecule has 0 saturated carbocycles. The van der Waals surface area contributed by atoms with E-state index >= 15 is 0 Å². The third-order valence-corrected chi connectivity index (χ3v) is 4.68. The lowest BCUT2D eigenvalue weighted by Crippen LogP contribution is -2.46. The molecule has 1 aromatic carbocycles. The molecule has 9 nitrogen and oxygen atoms in total. The highest BCUT2D eigenvalue weighted by Crippen LogP contribution is 2.24. The number of hydrogen-bond acceptors (Lipinski definition) is 6. The van der Waals surface area contributed by atoms with E-state index in [4.69, 9.17) is 10.00 Å². The number of carbonyl (C=O) groups excluding carboxylic acids is 4. The zero-order valence-corrected chi connectivity index (χ0v) is 15.9. The summed E-state index contributed by atoms with van der Waals surface area (Å²) in [6.45, 7) is 4.35. The summed E-state index contributed by atoms with van der Waals surface area (Å²) in [5, 5.41) is 14.0. The number of esters is 1. The van der Waals surface area contributed by atoms with Crippen LogP contribution in [0, 0.1) is 11.3 Å². The van der Waals surface area contributed by atoms with Gasteiger partial charge in [-0.3, -0.25) is 19.3 Å². The van der Waals surface area contributed by atoms with E-state index in [9.17, 15) is 19.2 Å². The van der Waals surface area contributed by atoms with Gasteiger partial charge in [0.15, 0.2) is 6.10 Å². The Morgan fingerprint density at radius 2 is 2.00 bits per heavy atom. The van der Waals surface area contributed by atoms with E-state index in [-0.39, 0.29) is 0 Å². The summed E-state index contributed by atoms with van der Waals surface area (Å²) in [5.74, 6) is -1.96. The molecule has 0 spiro atoms. The molecule has 1 aliphatic rings. The van der Waals surface area contributed by atoms with E-state index in [0.29, 0.717) is 24.1 Å². The number of ether oxygens (including phenoxy) is 1. The molecule has 2 rings (SSSR count). The van der Waals surface area contributed by atoms with Crippen molar-refractivity contribution in [2.24, 2.45) is 0 Å². The van der Waals surface area contributed by atoms with Crippen molar-refractivity contribution in [3.63, 3.8) is 0 Å². The van der Waals surface area contributed by atoms with Crippen LogP contribution in [0.5, 0.6) is 0 Å². The number of anilines is 1. The van der Waals surface area contributed by atoms with Gasteiger partial charge in [-0.25, -0.2) is 4.79 Å². The number of nitrogens with one attached hydrogen (secondary N) is 2. The molecule has 0 aliphatic carbocycles. The van der Waals surface area contributed by atoms with Gasteiger partial charge in [-0.15, -0.1) is 0 Å².